The monoisotopic (exact) mass is 257 g/mol. The average molecular weight is 258 g/mol. The maximum absolute atomic E-state index is 9.55. The number of unbranched alkanes of at least 4 members (excludes halogenated alkanes) is 4. The average Bonchev–Trinajstić information content (AvgIpc) is 2.20. The molecule has 0 atom stereocenters. The summed E-state index contributed by atoms with van der Waals surface area (Å²) in [7, 11) is -3.05. The Morgan fingerprint density at radius 3 is 1.67 bits per heavy atom. The van der Waals surface area contributed by atoms with Crippen LogP contribution in [0.5, 0.6) is 0 Å². The molecule has 0 spiro atoms. The summed E-state index contributed by atoms with van der Waals surface area (Å²) in [6.45, 7) is 5.19. The highest BCUT2D eigenvalue weighted by molar-refractivity contribution is 7.86. The molecule has 0 aliphatic carbocycles. The molecular weight excluding hydrogens is 235 g/mol. The van der Waals surface area contributed by atoms with Crippen LogP contribution in [-0.4, -0.2) is 18.1 Å². The molecule has 0 saturated carbocycles. The van der Waals surface area contributed by atoms with Crippen LogP contribution in [0.3, 0.4) is 0 Å². The second-order valence-electron chi connectivity index (χ2n) is 3.53. The van der Waals surface area contributed by atoms with Crippen LogP contribution in [-0.2, 0) is 9.05 Å². The molecular formula is C10H23ClO3P+. The summed E-state index contributed by atoms with van der Waals surface area (Å²) in [4.78, 5) is 9.55. The fourth-order valence-electron chi connectivity index (χ4n) is 1.10. The standard InChI is InChI=1S/C10H23ClO3P/c1-3-5-7-9-13-15(11,12)14-10-8-6-4-2/h12H,3-10H2,1-2H3/q+1. The molecule has 0 aromatic heterocycles. The van der Waals surface area contributed by atoms with Crippen molar-refractivity contribution in [3.05, 3.63) is 0 Å². The third kappa shape index (κ3) is 10.9. The number of hydrogen-bond acceptors (Lipinski definition) is 3. The molecule has 0 unspecified atom stereocenters. The molecule has 0 fully saturated rings. The lowest BCUT2D eigenvalue weighted by atomic mass is 10.3. The van der Waals surface area contributed by atoms with Gasteiger partial charge in [0.15, 0.2) is 11.2 Å². The van der Waals surface area contributed by atoms with Gasteiger partial charge in [-0.15, -0.1) is 0 Å². The third-order valence-corrected chi connectivity index (χ3v) is 3.58. The van der Waals surface area contributed by atoms with Gasteiger partial charge in [-0.05, 0) is 12.8 Å². The lowest BCUT2D eigenvalue weighted by Gasteiger charge is -2.08. The Morgan fingerprint density at radius 2 is 1.33 bits per heavy atom. The van der Waals surface area contributed by atoms with E-state index in [0.29, 0.717) is 13.2 Å². The molecule has 15 heavy (non-hydrogen) atoms. The minimum Gasteiger partial charge on any atom is -0.178 e. The lowest BCUT2D eigenvalue weighted by Crippen LogP contribution is -2.00. The van der Waals surface area contributed by atoms with E-state index in [0.717, 1.165) is 38.5 Å². The predicted molar refractivity (Wildman–Crippen MR) is 65.9 cm³/mol. The Balaban J connectivity index is 3.40. The van der Waals surface area contributed by atoms with Crippen LogP contribution >= 0.6 is 18.5 Å². The molecule has 92 valence electrons. The van der Waals surface area contributed by atoms with Crippen LogP contribution in [0.4, 0.5) is 0 Å². The maximum atomic E-state index is 9.55. The molecule has 1 N–H and O–H groups in total. The Hall–Kier alpha value is 0.600. The Bertz CT molecular complexity index is 131. The maximum Gasteiger partial charge on any atom is 0.521 e. The van der Waals surface area contributed by atoms with Crippen LogP contribution < -0.4 is 0 Å². The van der Waals surface area contributed by atoms with Gasteiger partial charge in [0.05, 0.1) is 13.2 Å². The van der Waals surface area contributed by atoms with Crippen LogP contribution in [0.15, 0.2) is 0 Å². The summed E-state index contributed by atoms with van der Waals surface area (Å²) in [6.07, 6.45) is 6.27. The molecule has 0 saturated heterocycles. The van der Waals surface area contributed by atoms with E-state index >= 15 is 0 Å². The molecule has 0 aliphatic rings. The van der Waals surface area contributed by atoms with Gasteiger partial charge in [-0.2, -0.15) is 13.9 Å². The van der Waals surface area contributed by atoms with E-state index in [1.807, 2.05) is 0 Å². The zero-order chi connectivity index (χ0) is 11.6. The molecule has 3 nitrogen and oxygen atoms in total. The van der Waals surface area contributed by atoms with E-state index in [4.69, 9.17) is 20.3 Å². The van der Waals surface area contributed by atoms with Crippen molar-refractivity contribution in [2.24, 2.45) is 0 Å². The normalized spacial score (nSPS) is 12.0. The van der Waals surface area contributed by atoms with Crippen LogP contribution in [0.1, 0.15) is 52.4 Å². The smallest absolute Gasteiger partial charge is 0.178 e. The lowest BCUT2D eigenvalue weighted by molar-refractivity contribution is 0.186. The zero-order valence-electron chi connectivity index (χ0n) is 9.75. The van der Waals surface area contributed by atoms with E-state index in [9.17, 15) is 4.89 Å². The Kier molecular flexibility index (Phi) is 10.2. The van der Waals surface area contributed by atoms with Crippen LogP contribution in [0.25, 0.3) is 0 Å². The second-order valence-corrected chi connectivity index (χ2v) is 6.23. The predicted octanol–water partition coefficient (Wildman–Crippen LogP) is 4.31. The molecule has 0 aromatic carbocycles. The van der Waals surface area contributed by atoms with Crippen molar-refractivity contribution < 1.29 is 13.9 Å². The SMILES string of the molecule is CCCCCO[P+](O)(Cl)OCCCCC. The fourth-order valence-corrected chi connectivity index (χ4v) is 2.29. The minimum absolute atomic E-state index is 0.482. The van der Waals surface area contributed by atoms with Gasteiger partial charge in [-0.3, -0.25) is 0 Å². The second kappa shape index (κ2) is 9.80. The summed E-state index contributed by atoms with van der Waals surface area (Å²) in [5.74, 6) is 0. The minimum atomic E-state index is -3.05. The largest absolute Gasteiger partial charge is 0.521 e. The van der Waals surface area contributed by atoms with E-state index in [1.165, 1.54) is 0 Å². The first-order valence-electron chi connectivity index (χ1n) is 5.73. The highest BCUT2D eigenvalue weighted by Gasteiger charge is 2.39. The van der Waals surface area contributed by atoms with Crippen molar-refractivity contribution in [1.29, 1.82) is 0 Å². The van der Waals surface area contributed by atoms with Gasteiger partial charge in [0.2, 0.25) is 0 Å². The number of hydrogen-bond donors (Lipinski definition) is 1. The quantitative estimate of drug-likeness (QED) is 0.468. The molecule has 0 amide bonds. The van der Waals surface area contributed by atoms with E-state index < -0.39 is 7.30 Å². The molecule has 0 aliphatic heterocycles. The van der Waals surface area contributed by atoms with E-state index in [2.05, 4.69) is 13.8 Å². The first-order valence-corrected chi connectivity index (χ1v) is 8.21. The summed E-state index contributed by atoms with van der Waals surface area (Å²) < 4.78 is 10.2. The highest BCUT2D eigenvalue weighted by atomic mass is 35.7. The van der Waals surface area contributed by atoms with Crippen molar-refractivity contribution >= 4 is 18.5 Å². The van der Waals surface area contributed by atoms with Crippen molar-refractivity contribution in [2.45, 2.75) is 52.4 Å². The summed E-state index contributed by atoms with van der Waals surface area (Å²) in [5.41, 5.74) is 0. The highest BCUT2D eigenvalue weighted by Crippen LogP contribution is 2.62. The Labute approximate surface area is 98.5 Å². The van der Waals surface area contributed by atoms with Gasteiger partial charge in [-0.1, -0.05) is 39.5 Å². The first kappa shape index (κ1) is 15.6. The van der Waals surface area contributed by atoms with Gasteiger partial charge in [0, 0.05) is 0 Å². The van der Waals surface area contributed by atoms with Crippen molar-refractivity contribution in [3.8, 4) is 0 Å². The molecule has 0 aromatic rings. The summed E-state index contributed by atoms with van der Waals surface area (Å²) in [6, 6.07) is 0. The topological polar surface area (TPSA) is 38.7 Å². The van der Waals surface area contributed by atoms with Gasteiger partial charge < -0.3 is 0 Å². The van der Waals surface area contributed by atoms with Crippen LogP contribution in [0.2, 0.25) is 0 Å². The van der Waals surface area contributed by atoms with E-state index in [1.54, 1.807) is 0 Å². The summed E-state index contributed by atoms with van der Waals surface area (Å²) in [5, 5.41) is 0. The van der Waals surface area contributed by atoms with E-state index in [-0.39, 0.29) is 0 Å². The van der Waals surface area contributed by atoms with Gasteiger partial charge in [0.1, 0.15) is 0 Å². The van der Waals surface area contributed by atoms with Crippen molar-refractivity contribution in [1.82, 2.24) is 0 Å². The van der Waals surface area contributed by atoms with Crippen molar-refractivity contribution in [3.63, 3.8) is 0 Å². The molecule has 5 heteroatoms. The first-order chi connectivity index (χ1) is 7.12. The summed E-state index contributed by atoms with van der Waals surface area (Å²) >= 11 is 5.72. The van der Waals surface area contributed by atoms with Crippen molar-refractivity contribution in [2.75, 3.05) is 13.2 Å². The number of halogens is 1. The fraction of sp³-hybridized carbons (Fsp3) is 1.00. The molecule has 0 heterocycles. The van der Waals surface area contributed by atoms with Crippen LogP contribution in [0, 0.1) is 0 Å². The molecule has 0 radical (unpaired) electrons. The van der Waals surface area contributed by atoms with Gasteiger partial charge >= 0.3 is 7.30 Å². The van der Waals surface area contributed by atoms with Gasteiger partial charge in [-0.25, -0.2) is 0 Å². The third-order valence-electron chi connectivity index (χ3n) is 2.00. The number of rotatable bonds is 10. The Morgan fingerprint density at radius 1 is 0.933 bits per heavy atom. The zero-order valence-corrected chi connectivity index (χ0v) is 11.4. The van der Waals surface area contributed by atoms with Gasteiger partial charge in [0.25, 0.3) is 0 Å². The molecule has 0 rings (SSSR count). The molecule has 0 bridgehead atoms.